The lowest BCUT2D eigenvalue weighted by Gasteiger charge is -2.12. The first kappa shape index (κ1) is 19.3. The Labute approximate surface area is 182 Å². The minimum absolute atomic E-state index is 0.101. The number of benzene rings is 3. The number of aromatic hydroxyl groups is 1. The van der Waals surface area contributed by atoms with E-state index in [0.717, 1.165) is 5.69 Å². The molecule has 0 atom stereocenters. The van der Waals surface area contributed by atoms with Gasteiger partial charge >= 0.3 is 0 Å². The Morgan fingerprint density at radius 3 is 2.25 bits per heavy atom. The smallest absolute Gasteiger partial charge is 0.270 e. The second-order valence-electron chi connectivity index (χ2n) is 6.97. The minimum Gasteiger partial charge on any atom is -0.507 e. The molecule has 2 N–H and O–H groups in total. The number of fused-ring (bicyclic) bond motifs is 1. The molecule has 0 aliphatic heterocycles. The molecule has 0 aliphatic carbocycles. The predicted molar refractivity (Wildman–Crippen MR) is 124 cm³/mol. The van der Waals surface area contributed by atoms with Crippen molar-refractivity contribution < 1.29 is 5.11 Å². The maximum Gasteiger partial charge on any atom is 0.270 e. The monoisotopic (exact) mass is 422 g/mol. The molecule has 0 amide bonds. The van der Waals surface area contributed by atoms with E-state index in [-0.39, 0.29) is 17.3 Å². The number of nitrogens with zero attached hydrogens (tertiary/aromatic N) is 5. The lowest BCUT2D eigenvalue weighted by Crippen LogP contribution is -2.22. The van der Waals surface area contributed by atoms with Gasteiger partial charge in [-0.25, -0.2) is 14.7 Å². The standard InChI is InChI=1S/C24H18N6O2/c31-21-14-8-7-9-17(21)15-25-28-24-27-22-20(16-26-30(22)19-12-5-2-6-13-19)23(32)29(24)18-10-3-1-4-11-18/h1-16,31H,(H,27,28)/b25-15+. The van der Waals surface area contributed by atoms with Gasteiger partial charge in [0.1, 0.15) is 11.1 Å². The third kappa shape index (κ3) is 3.50. The third-order valence-corrected chi connectivity index (χ3v) is 4.92. The number of phenolic OH excluding ortho intramolecular Hbond substituents is 1. The van der Waals surface area contributed by atoms with Crippen LogP contribution in [0.1, 0.15) is 5.56 Å². The van der Waals surface area contributed by atoms with Crippen LogP contribution in [0.4, 0.5) is 5.95 Å². The summed E-state index contributed by atoms with van der Waals surface area (Å²) < 4.78 is 3.06. The Morgan fingerprint density at radius 2 is 1.53 bits per heavy atom. The number of phenols is 1. The van der Waals surface area contributed by atoms with Gasteiger partial charge in [0, 0.05) is 5.56 Å². The first-order valence-corrected chi connectivity index (χ1v) is 9.91. The van der Waals surface area contributed by atoms with Crippen molar-refractivity contribution in [3.63, 3.8) is 0 Å². The molecule has 8 heteroatoms. The minimum atomic E-state index is -0.274. The molecule has 0 saturated heterocycles. The van der Waals surface area contributed by atoms with Crippen molar-refractivity contribution in [2.45, 2.75) is 0 Å². The molecule has 0 spiro atoms. The molecule has 5 aromatic rings. The molecule has 0 saturated carbocycles. The number of para-hydroxylation sites is 3. The van der Waals surface area contributed by atoms with E-state index < -0.39 is 0 Å². The van der Waals surface area contributed by atoms with Gasteiger partial charge in [-0.05, 0) is 36.4 Å². The molecule has 0 unspecified atom stereocenters. The molecule has 0 aliphatic rings. The molecule has 2 heterocycles. The average Bonchev–Trinajstić information content (AvgIpc) is 3.26. The summed E-state index contributed by atoms with van der Waals surface area (Å²) in [6.45, 7) is 0. The van der Waals surface area contributed by atoms with Gasteiger partial charge in [-0.15, -0.1) is 0 Å². The lowest BCUT2D eigenvalue weighted by atomic mass is 10.2. The molecule has 0 bridgehead atoms. The van der Waals surface area contributed by atoms with Crippen molar-refractivity contribution >= 4 is 23.2 Å². The van der Waals surface area contributed by atoms with Crippen molar-refractivity contribution in [1.82, 2.24) is 19.3 Å². The molecule has 0 radical (unpaired) electrons. The van der Waals surface area contributed by atoms with E-state index in [2.05, 4.69) is 20.6 Å². The van der Waals surface area contributed by atoms with Crippen molar-refractivity contribution in [3.05, 3.63) is 107 Å². The first-order valence-electron chi connectivity index (χ1n) is 9.91. The van der Waals surface area contributed by atoms with Crippen LogP contribution in [0, 0.1) is 0 Å². The molecule has 32 heavy (non-hydrogen) atoms. The van der Waals surface area contributed by atoms with Gasteiger partial charge in [0.05, 0.1) is 23.8 Å². The zero-order chi connectivity index (χ0) is 21.9. The van der Waals surface area contributed by atoms with Crippen LogP contribution in [-0.2, 0) is 0 Å². The Balaban J connectivity index is 1.66. The Morgan fingerprint density at radius 1 is 0.875 bits per heavy atom. The molecule has 5 rings (SSSR count). The van der Waals surface area contributed by atoms with Gasteiger partial charge in [-0.3, -0.25) is 4.79 Å². The van der Waals surface area contributed by atoms with E-state index >= 15 is 0 Å². The summed E-state index contributed by atoms with van der Waals surface area (Å²) in [5, 5.41) is 18.9. The summed E-state index contributed by atoms with van der Waals surface area (Å²) in [4.78, 5) is 18.1. The van der Waals surface area contributed by atoms with E-state index in [4.69, 9.17) is 0 Å². The average molecular weight is 422 g/mol. The molecule has 8 nitrogen and oxygen atoms in total. The number of hydrazone groups is 1. The summed E-state index contributed by atoms with van der Waals surface area (Å²) in [7, 11) is 0. The second-order valence-corrected chi connectivity index (χ2v) is 6.97. The fourth-order valence-corrected chi connectivity index (χ4v) is 3.37. The van der Waals surface area contributed by atoms with Gasteiger partial charge in [-0.2, -0.15) is 15.2 Å². The van der Waals surface area contributed by atoms with Gasteiger partial charge in [0.2, 0.25) is 5.95 Å². The van der Waals surface area contributed by atoms with Crippen LogP contribution in [0.25, 0.3) is 22.4 Å². The predicted octanol–water partition coefficient (Wildman–Crippen LogP) is 3.72. The number of hydrogen-bond donors (Lipinski definition) is 2. The molecular weight excluding hydrogens is 404 g/mol. The summed E-state index contributed by atoms with van der Waals surface area (Å²) in [6.07, 6.45) is 2.99. The van der Waals surface area contributed by atoms with Crippen molar-refractivity contribution in [2.24, 2.45) is 5.10 Å². The molecule has 0 fully saturated rings. The number of anilines is 1. The zero-order valence-electron chi connectivity index (χ0n) is 16.8. The highest BCUT2D eigenvalue weighted by Gasteiger charge is 2.17. The highest BCUT2D eigenvalue weighted by Crippen LogP contribution is 2.19. The fourth-order valence-electron chi connectivity index (χ4n) is 3.37. The summed E-state index contributed by atoms with van der Waals surface area (Å²) in [5.74, 6) is 0.321. The van der Waals surface area contributed by atoms with Crippen molar-refractivity contribution in [3.8, 4) is 17.1 Å². The second kappa shape index (κ2) is 8.19. The maximum absolute atomic E-state index is 13.4. The van der Waals surface area contributed by atoms with Gasteiger partial charge in [-0.1, -0.05) is 48.5 Å². The summed E-state index contributed by atoms with van der Waals surface area (Å²) in [6, 6.07) is 25.5. The Hall–Kier alpha value is -4.72. The highest BCUT2D eigenvalue weighted by molar-refractivity contribution is 5.84. The molecule has 156 valence electrons. The quantitative estimate of drug-likeness (QED) is 0.332. The Kier molecular flexibility index (Phi) is 4.93. The van der Waals surface area contributed by atoms with E-state index in [1.165, 1.54) is 17.0 Å². The fraction of sp³-hybridized carbons (Fsp3) is 0. The van der Waals surface area contributed by atoms with Gasteiger partial charge in [0.25, 0.3) is 5.56 Å². The molecular formula is C24H18N6O2. The van der Waals surface area contributed by atoms with E-state index in [1.807, 2.05) is 60.7 Å². The number of rotatable bonds is 5. The van der Waals surface area contributed by atoms with E-state index in [1.54, 1.807) is 28.9 Å². The van der Waals surface area contributed by atoms with Crippen LogP contribution >= 0.6 is 0 Å². The maximum atomic E-state index is 13.4. The van der Waals surface area contributed by atoms with Crippen LogP contribution in [0.5, 0.6) is 5.75 Å². The first-order chi connectivity index (χ1) is 15.7. The van der Waals surface area contributed by atoms with E-state index in [9.17, 15) is 9.90 Å². The number of aromatic nitrogens is 4. The molecule has 3 aromatic carbocycles. The molecule has 2 aromatic heterocycles. The van der Waals surface area contributed by atoms with Gasteiger partial charge < -0.3 is 5.11 Å². The van der Waals surface area contributed by atoms with Crippen molar-refractivity contribution in [2.75, 3.05) is 5.43 Å². The van der Waals surface area contributed by atoms with Crippen molar-refractivity contribution in [1.29, 1.82) is 0 Å². The highest BCUT2D eigenvalue weighted by atomic mass is 16.3. The number of hydrogen-bond acceptors (Lipinski definition) is 6. The third-order valence-electron chi connectivity index (χ3n) is 4.92. The normalized spacial score (nSPS) is 11.2. The van der Waals surface area contributed by atoms with Crippen LogP contribution < -0.4 is 11.0 Å². The van der Waals surface area contributed by atoms with Gasteiger partial charge in [0.15, 0.2) is 5.65 Å². The largest absolute Gasteiger partial charge is 0.507 e. The zero-order valence-corrected chi connectivity index (χ0v) is 16.8. The SMILES string of the molecule is O=c1c2cnn(-c3ccccc3)c2nc(N/N=C/c2ccccc2O)n1-c1ccccc1. The van der Waals surface area contributed by atoms with Crippen LogP contribution in [0.2, 0.25) is 0 Å². The Bertz CT molecular complexity index is 1470. The summed E-state index contributed by atoms with van der Waals surface area (Å²) in [5.41, 5.74) is 4.95. The van der Waals surface area contributed by atoms with E-state index in [0.29, 0.717) is 22.3 Å². The topological polar surface area (TPSA) is 97.3 Å². The number of nitrogens with one attached hydrogen (secondary N) is 1. The lowest BCUT2D eigenvalue weighted by molar-refractivity contribution is 0.474. The van der Waals surface area contributed by atoms with Crippen LogP contribution in [0.3, 0.4) is 0 Å². The van der Waals surface area contributed by atoms with Crippen LogP contribution in [-0.4, -0.2) is 30.7 Å². The summed E-state index contributed by atoms with van der Waals surface area (Å²) >= 11 is 0. The van der Waals surface area contributed by atoms with Crippen LogP contribution in [0.15, 0.2) is 101 Å².